The molecule has 2 aromatic carbocycles. The molecular weight excluding hydrogens is 326 g/mol. The van der Waals surface area contributed by atoms with Gasteiger partial charge >= 0.3 is 12.1 Å². The Morgan fingerprint density at radius 3 is 2.17 bits per heavy atom. The molecule has 0 fully saturated rings. The van der Waals surface area contributed by atoms with Crippen LogP contribution in [-0.4, -0.2) is 35.6 Å². The zero-order valence-electron chi connectivity index (χ0n) is 12.8. The van der Waals surface area contributed by atoms with Crippen molar-refractivity contribution in [3.63, 3.8) is 0 Å². The molecule has 2 N–H and O–H groups in total. The van der Waals surface area contributed by atoms with Crippen molar-refractivity contribution in [1.29, 1.82) is 0 Å². The number of rotatable bonds is 5. The molecule has 1 unspecified atom stereocenters. The van der Waals surface area contributed by atoms with E-state index in [2.05, 4.69) is 30.1 Å². The molecule has 0 radical (unpaired) electrons. The molecular formula is C18H17NO4S. The van der Waals surface area contributed by atoms with Gasteiger partial charge in [-0.05, 0) is 22.3 Å². The molecule has 2 aromatic rings. The highest BCUT2D eigenvalue weighted by atomic mass is 32.1. The number of carboxylic acids is 1. The molecule has 1 aliphatic carbocycles. The molecule has 1 amide bonds. The molecule has 0 saturated heterocycles. The summed E-state index contributed by atoms with van der Waals surface area (Å²) in [7, 11) is 0. The quantitative estimate of drug-likeness (QED) is 0.730. The van der Waals surface area contributed by atoms with Crippen LogP contribution in [0.15, 0.2) is 48.5 Å². The smallest absolute Gasteiger partial charge is 0.407 e. The first-order valence-corrected chi connectivity index (χ1v) is 8.09. The van der Waals surface area contributed by atoms with Gasteiger partial charge in [0, 0.05) is 12.5 Å². The lowest BCUT2D eigenvalue weighted by molar-refractivity contribution is -0.136. The van der Waals surface area contributed by atoms with Crippen LogP contribution in [0, 0.1) is 0 Å². The number of nitrogens with one attached hydrogen (secondary N) is 1. The van der Waals surface area contributed by atoms with Crippen LogP contribution in [0.1, 0.15) is 17.0 Å². The SMILES string of the molecule is O=C(NCC(S)C(=O)O)OCC1c2ccccc2-c2ccccc21. The summed E-state index contributed by atoms with van der Waals surface area (Å²) in [5.74, 6) is -1.10. The van der Waals surface area contributed by atoms with Gasteiger partial charge < -0.3 is 15.2 Å². The first kappa shape index (κ1) is 16.4. The molecule has 0 heterocycles. The Bertz CT molecular complexity index is 732. The fourth-order valence-electron chi connectivity index (χ4n) is 2.92. The highest BCUT2D eigenvalue weighted by Gasteiger charge is 2.29. The number of hydrogen-bond donors (Lipinski definition) is 3. The zero-order valence-corrected chi connectivity index (χ0v) is 13.7. The second-order valence-corrected chi connectivity index (χ2v) is 6.18. The number of aliphatic carboxylic acids is 1. The Labute approximate surface area is 145 Å². The maximum atomic E-state index is 11.8. The predicted octanol–water partition coefficient (Wildman–Crippen LogP) is 2.91. The Kier molecular flexibility index (Phi) is 4.76. The minimum atomic E-state index is -1.09. The molecule has 6 heteroatoms. The summed E-state index contributed by atoms with van der Waals surface area (Å²) in [5, 5.41) is 10.2. The summed E-state index contributed by atoms with van der Waals surface area (Å²) in [6.45, 7) is 0.110. The number of fused-ring (bicyclic) bond motifs is 3. The second-order valence-electron chi connectivity index (χ2n) is 5.56. The Hall–Kier alpha value is -2.47. The predicted molar refractivity (Wildman–Crippen MR) is 93.5 cm³/mol. The van der Waals surface area contributed by atoms with Crippen LogP contribution < -0.4 is 5.32 Å². The largest absolute Gasteiger partial charge is 0.480 e. The number of benzene rings is 2. The molecule has 0 aromatic heterocycles. The highest BCUT2D eigenvalue weighted by Crippen LogP contribution is 2.44. The van der Waals surface area contributed by atoms with E-state index in [1.54, 1.807) is 0 Å². The standard InChI is InChI=1S/C18H17NO4S/c20-17(21)16(24)9-19-18(22)23-10-15-13-7-3-1-5-11(13)12-6-2-4-8-14(12)15/h1-8,15-16,24H,9-10H2,(H,19,22)(H,20,21). The molecule has 0 bridgehead atoms. The van der Waals surface area contributed by atoms with Crippen molar-refractivity contribution in [3.8, 4) is 11.1 Å². The van der Waals surface area contributed by atoms with E-state index in [1.165, 1.54) is 0 Å². The van der Waals surface area contributed by atoms with Crippen LogP contribution in [0.3, 0.4) is 0 Å². The van der Waals surface area contributed by atoms with E-state index in [4.69, 9.17) is 9.84 Å². The van der Waals surface area contributed by atoms with Gasteiger partial charge in [0.2, 0.25) is 0 Å². The van der Waals surface area contributed by atoms with E-state index in [-0.39, 0.29) is 19.1 Å². The highest BCUT2D eigenvalue weighted by molar-refractivity contribution is 7.81. The van der Waals surface area contributed by atoms with Crippen LogP contribution in [0.25, 0.3) is 11.1 Å². The maximum Gasteiger partial charge on any atom is 0.407 e. The van der Waals surface area contributed by atoms with Crippen LogP contribution in [0.4, 0.5) is 4.79 Å². The van der Waals surface area contributed by atoms with E-state index >= 15 is 0 Å². The second kappa shape index (κ2) is 6.97. The topological polar surface area (TPSA) is 75.6 Å². The van der Waals surface area contributed by atoms with Gasteiger partial charge in [0.15, 0.2) is 0 Å². The number of carbonyl (C=O) groups excluding carboxylic acids is 1. The first-order chi connectivity index (χ1) is 11.6. The van der Waals surface area contributed by atoms with Gasteiger partial charge in [-0.1, -0.05) is 48.5 Å². The zero-order chi connectivity index (χ0) is 17.1. The van der Waals surface area contributed by atoms with Crippen LogP contribution in [0.5, 0.6) is 0 Å². The number of thiol groups is 1. The summed E-state index contributed by atoms with van der Waals surface area (Å²) in [6, 6.07) is 16.1. The molecule has 1 atom stereocenters. The lowest BCUT2D eigenvalue weighted by Crippen LogP contribution is -2.34. The summed E-state index contributed by atoms with van der Waals surface area (Å²) in [5.41, 5.74) is 4.57. The summed E-state index contributed by atoms with van der Waals surface area (Å²) >= 11 is 3.86. The number of carbonyl (C=O) groups is 2. The van der Waals surface area contributed by atoms with Gasteiger partial charge in [0.25, 0.3) is 0 Å². The first-order valence-electron chi connectivity index (χ1n) is 7.57. The maximum absolute atomic E-state index is 11.8. The van der Waals surface area contributed by atoms with Crippen LogP contribution in [0.2, 0.25) is 0 Å². The third-order valence-corrected chi connectivity index (χ3v) is 4.47. The van der Waals surface area contributed by atoms with Crippen LogP contribution >= 0.6 is 12.6 Å². The third kappa shape index (κ3) is 3.23. The summed E-state index contributed by atoms with van der Waals surface area (Å²) in [6.07, 6.45) is -0.642. The lowest BCUT2D eigenvalue weighted by atomic mass is 9.98. The minimum absolute atomic E-state index is 0.0191. The molecule has 0 saturated carbocycles. The van der Waals surface area contributed by atoms with E-state index in [0.29, 0.717) is 0 Å². The average molecular weight is 343 g/mol. The van der Waals surface area contributed by atoms with Crippen LogP contribution in [-0.2, 0) is 9.53 Å². The summed E-state index contributed by atoms with van der Waals surface area (Å²) in [4.78, 5) is 22.5. The normalized spacial score (nSPS) is 13.7. The van der Waals surface area contributed by atoms with Gasteiger partial charge in [-0.25, -0.2) is 4.79 Å². The Balaban J connectivity index is 1.67. The lowest BCUT2D eigenvalue weighted by Gasteiger charge is -2.15. The number of ether oxygens (including phenoxy) is 1. The molecule has 3 rings (SSSR count). The molecule has 0 aliphatic heterocycles. The number of hydrogen-bond acceptors (Lipinski definition) is 4. The van der Waals surface area contributed by atoms with E-state index in [9.17, 15) is 9.59 Å². The van der Waals surface area contributed by atoms with Gasteiger partial charge in [-0.3, -0.25) is 4.79 Å². The molecule has 1 aliphatic rings. The average Bonchev–Trinajstić information content (AvgIpc) is 2.92. The van der Waals surface area contributed by atoms with E-state index < -0.39 is 17.3 Å². The molecule has 24 heavy (non-hydrogen) atoms. The van der Waals surface area contributed by atoms with E-state index in [1.807, 2.05) is 36.4 Å². The molecule has 0 spiro atoms. The van der Waals surface area contributed by atoms with Crippen molar-refractivity contribution >= 4 is 24.7 Å². The number of alkyl carbamates (subject to hydrolysis) is 1. The van der Waals surface area contributed by atoms with Gasteiger partial charge in [-0.15, -0.1) is 0 Å². The fraction of sp³-hybridized carbons (Fsp3) is 0.222. The van der Waals surface area contributed by atoms with Gasteiger partial charge in [0.1, 0.15) is 11.9 Å². The van der Waals surface area contributed by atoms with Crippen molar-refractivity contribution in [2.24, 2.45) is 0 Å². The fourth-order valence-corrected chi connectivity index (χ4v) is 3.01. The summed E-state index contributed by atoms with van der Waals surface area (Å²) < 4.78 is 5.29. The number of carboxylic acid groups (broad SMARTS) is 1. The minimum Gasteiger partial charge on any atom is -0.480 e. The van der Waals surface area contributed by atoms with E-state index in [0.717, 1.165) is 22.3 Å². The monoisotopic (exact) mass is 343 g/mol. The third-order valence-electron chi connectivity index (χ3n) is 4.07. The molecule has 124 valence electrons. The van der Waals surface area contributed by atoms with Crippen molar-refractivity contribution < 1.29 is 19.4 Å². The Morgan fingerprint density at radius 1 is 1.08 bits per heavy atom. The van der Waals surface area contributed by atoms with Crippen molar-refractivity contribution in [2.75, 3.05) is 13.2 Å². The van der Waals surface area contributed by atoms with Crippen molar-refractivity contribution in [1.82, 2.24) is 5.32 Å². The Morgan fingerprint density at radius 2 is 1.62 bits per heavy atom. The van der Waals surface area contributed by atoms with Crippen molar-refractivity contribution in [3.05, 3.63) is 59.7 Å². The van der Waals surface area contributed by atoms with Gasteiger partial charge in [0.05, 0.1) is 0 Å². The van der Waals surface area contributed by atoms with Gasteiger partial charge in [-0.2, -0.15) is 12.6 Å². The van der Waals surface area contributed by atoms with Crippen molar-refractivity contribution in [2.45, 2.75) is 11.2 Å². The molecule has 5 nitrogen and oxygen atoms in total. The number of amides is 1.